The molecule has 0 saturated carbocycles. The Morgan fingerprint density at radius 1 is 1.52 bits per heavy atom. The lowest BCUT2D eigenvalue weighted by Crippen LogP contribution is -2.51. The highest BCUT2D eigenvalue weighted by atomic mass is 16.4. The number of carbonyl (C=O) groups is 1. The van der Waals surface area contributed by atoms with Crippen LogP contribution in [-0.2, 0) is 4.79 Å². The van der Waals surface area contributed by atoms with E-state index in [1.54, 1.807) is 24.5 Å². The van der Waals surface area contributed by atoms with Crippen LogP contribution in [0.3, 0.4) is 0 Å². The van der Waals surface area contributed by atoms with Crippen LogP contribution in [0.4, 0.5) is 0 Å². The predicted molar refractivity (Wildman–Crippen MR) is 88.6 cm³/mol. The van der Waals surface area contributed by atoms with Gasteiger partial charge in [-0.3, -0.25) is 9.78 Å². The van der Waals surface area contributed by atoms with Crippen LogP contribution < -0.4 is 5.73 Å². The van der Waals surface area contributed by atoms with E-state index >= 15 is 0 Å². The molecule has 1 aliphatic carbocycles. The quantitative estimate of drug-likeness (QED) is 0.825. The van der Waals surface area contributed by atoms with Crippen molar-refractivity contribution in [1.29, 1.82) is 10.5 Å². The molecule has 0 spiro atoms. The molecule has 25 heavy (non-hydrogen) atoms. The van der Waals surface area contributed by atoms with Crippen molar-refractivity contribution in [2.45, 2.75) is 5.92 Å². The molecule has 3 unspecified atom stereocenters. The first-order chi connectivity index (χ1) is 12.0. The number of nitrogens with zero attached hydrogens (tertiary/aromatic N) is 4. The molecule has 0 aromatic carbocycles. The van der Waals surface area contributed by atoms with Gasteiger partial charge < -0.3 is 15.7 Å². The molecule has 1 aromatic heterocycles. The monoisotopic (exact) mass is 335 g/mol. The van der Waals surface area contributed by atoms with Crippen LogP contribution in [0.15, 0.2) is 47.4 Å². The van der Waals surface area contributed by atoms with E-state index in [0.29, 0.717) is 18.7 Å². The number of carboxylic acids is 1. The molecule has 3 atom stereocenters. The lowest BCUT2D eigenvalue weighted by atomic mass is 9.57. The summed E-state index contributed by atoms with van der Waals surface area (Å²) in [6.45, 7) is 1.16. The Morgan fingerprint density at radius 2 is 2.28 bits per heavy atom. The Morgan fingerprint density at radius 3 is 2.84 bits per heavy atom. The van der Waals surface area contributed by atoms with Crippen LogP contribution in [0.5, 0.6) is 0 Å². The summed E-state index contributed by atoms with van der Waals surface area (Å²) in [5, 5.41) is 29.4. The van der Waals surface area contributed by atoms with Gasteiger partial charge in [0.15, 0.2) is 0 Å². The van der Waals surface area contributed by atoms with Crippen molar-refractivity contribution in [3.63, 3.8) is 0 Å². The third kappa shape index (κ3) is 2.29. The van der Waals surface area contributed by atoms with Crippen LogP contribution in [-0.4, -0.2) is 41.1 Å². The van der Waals surface area contributed by atoms with Crippen molar-refractivity contribution in [2.75, 3.05) is 20.1 Å². The number of aromatic nitrogens is 1. The molecule has 3 rings (SSSR count). The van der Waals surface area contributed by atoms with Crippen LogP contribution in [0, 0.1) is 34.0 Å². The third-order valence-corrected chi connectivity index (χ3v) is 5.05. The van der Waals surface area contributed by atoms with E-state index in [1.165, 1.54) is 0 Å². The third-order valence-electron chi connectivity index (χ3n) is 5.05. The maximum atomic E-state index is 12.2. The molecular weight excluding hydrogens is 318 g/mol. The first kappa shape index (κ1) is 16.7. The van der Waals surface area contributed by atoms with E-state index in [0.717, 1.165) is 5.57 Å². The average Bonchev–Trinajstić information content (AvgIpc) is 2.61. The minimum atomic E-state index is -2.01. The van der Waals surface area contributed by atoms with Crippen molar-refractivity contribution in [2.24, 2.45) is 17.1 Å². The molecule has 7 heteroatoms. The van der Waals surface area contributed by atoms with Crippen molar-refractivity contribution in [3.05, 3.63) is 53.0 Å². The standard InChI is InChI=1S/C18H17N5O2/c1-23-6-4-12-13(7-19)16(21)18(10-20,17(24)25)15(14(12)9-23)11-3-2-5-22-8-11/h2-5,8,14-15H,6,9,21H2,1H3,(H,24,25). The van der Waals surface area contributed by atoms with Crippen LogP contribution in [0.25, 0.3) is 0 Å². The average molecular weight is 335 g/mol. The van der Waals surface area contributed by atoms with Gasteiger partial charge in [-0.2, -0.15) is 10.5 Å². The van der Waals surface area contributed by atoms with E-state index in [-0.39, 0.29) is 17.2 Å². The Kier molecular flexibility index (Phi) is 4.03. The molecule has 1 aromatic rings. The molecule has 3 N–H and O–H groups in total. The number of pyridine rings is 1. The Balaban J connectivity index is 2.37. The van der Waals surface area contributed by atoms with E-state index in [1.807, 2.05) is 30.2 Å². The van der Waals surface area contributed by atoms with Gasteiger partial charge in [0.25, 0.3) is 0 Å². The second-order valence-electron chi connectivity index (χ2n) is 6.38. The number of rotatable bonds is 2. The number of nitriles is 2. The highest BCUT2D eigenvalue weighted by Gasteiger charge is 2.58. The number of fused-ring (bicyclic) bond motifs is 1. The summed E-state index contributed by atoms with van der Waals surface area (Å²) >= 11 is 0. The van der Waals surface area contributed by atoms with Crippen LogP contribution >= 0.6 is 0 Å². The van der Waals surface area contributed by atoms with E-state index in [9.17, 15) is 20.4 Å². The summed E-state index contributed by atoms with van der Waals surface area (Å²) in [5.74, 6) is -2.41. The Labute approximate surface area is 145 Å². The SMILES string of the molecule is CN1CC=C2C(C#N)=C(N)C(C#N)(C(=O)O)C(c3cccnc3)C2C1. The van der Waals surface area contributed by atoms with E-state index in [4.69, 9.17) is 5.73 Å². The lowest BCUT2D eigenvalue weighted by molar-refractivity contribution is -0.145. The zero-order chi connectivity index (χ0) is 18.2. The summed E-state index contributed by atoms with van der Waals surface area (Å²) in [5.41, 5.74) is 5.39. The van der Waals surface area contributed by atoms with Crippen molar-refractivity contribution in [3.8, 4) is 12.1 Å². The van der Waals surface area contributed by atoms with Gasteiger partial charge in [0.2, 0.25) is 5.41 Å². The number of nitrogens with two attached hydrogens (primary N) is 1. The van der Waals surface area contributed by atoms with Gasteiger partial charge in [-0.05, 0) is 24.3 Å². The van der Waals surface area contributed by atoms with E-state index < -0.39 is 17.3 Å². The van der Waals surface area contributed by atoms with Crippen molar-refractivity contribution in [1.82, 2.24) is 9.88 Å². The van der Waals surface area contributed by atoms with Gasteiger partial charge in [-0.25, -0.2) is 0 Å². The largest absolute Gasteiger partial charge is 0.480 e. The number of hydrogen-bond acceptors (Lipinski definition) is 6. The van der Waals surface area contributed by atoms with Gasteiger partial charge in [-0.15, -0.1) is 0 Å². The maximum absolute atomic E-state index is 12.2. The summed E-state index contributed by atoms with van der Waals surface area (Å²) in [7, 11) is 1.91. The zero-order valence-electron chi connectivity index (χ0n) is 13.7. The molecule has 0 saturated heterocycles. The first-order valence-corrected chi connectivity index (χ1v) is 7.81. The molecule has 126 valence electrons. The molecule has 2 heterocycles. The molecule has 1 aliphatic heterocycles. The van der Waals surface area contributed by atoms with Gasteiger partial charge in [0.05, 0.1) is 17.3 Å². The van der Waals surface area contributed by atoms with Crippen molar-refractivity contribution < 1.29 is 9.90 Å². The van der Waals surface area contributed by atoms with Gasteiger partial charge >= 0.3 is 5.97 Å². The zero-order valence-corrected chi connectivity index (χ0v) is 13.7. The summed E-state index contributed by atoms with van der Waals surface area (Å²) < 4.78 is 0. The van der Waals surface area contributed by atoms with Crippen molar-refractivity contribution >= 4 is 5.97 Å². The van der Waals surface area contributed by atoms with Crippen LogP contribution in [0.1, 0.15) is 11.5 Å². The molecule has 0 bridgehead atoms. The second-order valence-corrected chi connectivity index (χ2v) is 6.38. The van der Waals surface area contributed by atoms with Gasteiger partial charge in [0.1, 0.15) is 6.07 Å². The summed E-state index contributed by atoms with van der Waals surface area (Å²) in [6.07, 6.45) is 5.05. The predicted octanol–water partition coefficient (Wildman–Crippen LogP) is 0.998. The number of hydrogen-bond donors (Lipinski definition) is 2. The number of likely N-dealkylation sites (N-methyl/N-ethyl adjacent to an activating group) is 1. The Bertz CT molecular complexity index is 862. The number of aliphatic carboxylic acids is 1. The minimum absolute atomic E-state index is 0.113. The topological polar surface area (TPSA) is 127 Å². The second kappa shape index (κ2) is 6.04. The molecule has 2 aliphatic rings. The molecule has 0 amide bonds. The maximum Gasteiger partial charge on any atom is 0.330 e. The van der Waals surface area contributed by atoms with Gasteiger partial charge in [0, 0.05) is 37.3 Å². The fourth-order valence-corrected chi connectivity index (χ4v) is 3.90. The first-order valence-electron chi connectivity index (χ1n) is 7.81. The highest BCUT2D eigenvalue weighted by molar-refractivity contribution is 5.86. The van der Waals surface area contributed by atoms with Crippen LogP contribution in [0.2, 0.25) is 0 Å². The lowest BCUT2D eigenvalue weighted by Gasteiger charge is -2.45. The van der Waals surface area contributed by atoms with E-state index in [2.05, 4.69) is 4.98 Å². The summed E-state index contributed by atoms with van der Waals surface area (Å²) in [4.78, 5) is 18.3. The normalized spacial score (nSPS) is 29.2. The molecule has 7 nitrogen and oxygen atoms in total. The minimum Gasteiger partial charge on any atom is -0.480 e. The molecule has 0 fully saturated rings. The summed E-state index contributed by atoms with van der Waals surface area (Å²) in [6, 6.07) is 7.40. The smallest absolute Gasteiger partial charge is 0.330 e. The number of carboxylic acid groups (broad SMARTS) is 1. The fourth-order valence-electron chi connectivity index (χ4n) is 3.90. The highest BCUT2D eigenvalue weighted by Crippen LogP contribution is 2.54. The number of allylic oxidation sites excluding steroid dienone is 1. The molecular formula is C18H17N5O2. The molecule has 0 radical (unpaired) electrons. The Hall–Kier alpha value is -3.16. The fraction of sp³-hybridized carbons (Fsp3) is 0.333. The van der Waals surface area contributed by atoms with Gasteiger partial charge in [-0.1, -0.05) is 12.1 Å².